The van der Waals surface area contributed by atoms with Crippen molar-refractivity contribution in [3.05, 3.63) is 22.6 Å². The predicted octanol–water partition coefficient (Wildman–Crippen LogP) is 1.53. The molecule has 19 heavy (non-hydrogen) atoms. The van der Waals surface area contributed by atoms with E-state index in [4.69, 9.17) is 0 Å². The van der Waals surface area contributed by atoms with E-state index in [2.05, 4.69) is 21.4 Å². The standard InChI is InChI=1S/C13H18N4OS/c1-15-13(9-14)6-2-3-10(13)5-8-19-12-16-7-4-11(18)17-12/h4,7,10,15H,2-3,5-6,8H2,1H3,(H,16,17,18). The van der Waals surface area contributed by atoms with Crippen molar-refractivity contribution < 1.29 is 0 Å². The summed E-state index contributed by atoms with van der Waals surface area (Å²) in [5.41, 5.74) is -0.488. The van der Waals surface area contributed by atoms with Crippen molar-refractivity contribution in [3.8, 4) is 6.07 Å². The van der Waals surface area contributed by atoms with Crippen molar-refractivity contribution in [1.82, 2.24) is 15.3 Å². The summed E-state index contributed by atoms with van der Waals surface area (Å²) in [5.74, 6) is 1.24. The van der Waals surface area contributed by atoms with Crippen LogP contribution in [0.5, 0.6) is 0 Å². The van der Waals surface area contributed by atoms with Crippen LogP contribution in [0.4, 0.5) is 0 Å². The Labute approximate surface area is 116 Å². The summed E-state index contributed by atoms with van der Waals surface area (Å²) in [6, 6.07) is 3.85. The summed E-state index contributed by atoms with van der Waals surface area (Å²) in [6.45, 7) is 0. The summed E-state index contributed by atoms with van der Waals surface area (Å²) in [4.78, 5) is 17.9. The predicted molar refractivity (Wildman–Crippen MR) is 74.9 cm³/mol. The van der Waals surface area contributed by atoms with Gasteiger partial charge in [0.15, 0.2) is 5.16 Å². The van der Waals surface area contributed by atoms with E-state index in [0.717, 1.165) is 31.4 Å². The van der Waals surface area contributed by atoms with E-state index in [1.54, 1.807) is 0 Å². The van der Waals surface area contributed by atoms with Gasteiger partial charge in [0.2, 0.25) is 0 Å². The lowest BCUT2D eigenvalue weighted by Crippen LogP contribution is -2.44. The Morgan fingerprint density at radius 3 is 3.26 bits per heavy atom. The first-order valence-corrected chi connectivity index (χ1v) is 7.47. The molecule has 2 atom stereocenters. The van der Waals surface area contributed by atoms with Crippen molar-refractivity contribution in [2.75, 3.05) is 12.8 Å². The average Bonchev–Trinajstić information content (AvgIpc) is 2.82. The summed E-state index contributed by atoms with van der Waals surface area (Å²) in [7, 11) is 1.87. The molecule has 1 fully saturated rings. The van der Waals surface area contributed by atoms with E-state index in [1.807, 2.05) is 7.05 Å². The summed E-state index contributed by atoms with van der Waals surface area (Å²) in [6.07, 6.45) is 5.59. The van der Waals surface area contributed by atoms with Gasteiger partial charge in [-0.2, -0.15) is 5.26 Å². The maximum atomic E-state index is 11.1. The minimum absolute atomic E-state index is 0.125. The molecule has 0 aliphatic heterocycles. The van der Waals surface area contributed by atoms with Crippen LogP contribution in [-0.4, -0.2) is 28.3 Å². The molecule has 6 heteroatoms. The van der Waals surface area contributed by atoms with Gasteiger partial charge in [0, 0.05) is 18.0 Å². The van der Waals surface area contributed by atoms with Crippen molar-refractivity contribution in [2.45, 2.75) is 36.4 Å². The summed E-state index contributed by atoms with van der Waals surface area (Å²) in [5, 5.41) is 13.2. The van der Waals surface area contributed by atoms with Crippen molar-refractivity contribution in [1.29, 1.82) is 5.26 Å². The Kier molecular flexibility index (Phi) is 4.61. The number of H-pyrrole nitrogens is 1. The third kappa shape index (κ3) is 3.17. The van der Waals surface area contributed by atoms with Gasteiger partial charge >= 0.3 is 0 Å². The number of nitrogens with one attached hydrogen (secondary N) is 2. The van der Waals surface area contributed by atoms with E-state index in [1.165, 1.54) is 24.0 Å². The largest absolute Gasteiger partial charge is 0.302 e. The van der Waals surface area contributed by atoms with Crippen LogP contribution in [0.2, 0.25) is 0 Å². The zero-order valence-electron chi connectivity index (χ0n) is 11.0. The van der Waals surface area contributed by atoms with Crippen LogP contribution in [0.1, 0.15) is 25.7 Å². The first-order valence-electron chi connectivity index (χ1n) is 6.48. The Bertz CT molecular complexity index is 524. The smallest absolute Gasteiger partial charge is 0.251 e. The van der Waals surface area contributed by atoms with Crippen molar-refractivity contribution in [3.63, 3.8) is 0 Å². The SMILES string of the molecule is CNC1(C#N)CCCC1CCSc1nccc(=O)[nH]1. The normalized spacial score (nSPS) is 26.2. The molecule has 5 nitrogen and oxygen atoms in total. The molecule has 1 aliphatic rings. The Morgan fingerprint density at radius 1 is 1.74 bits per heavy atom. The van der Waals surface area contributed by atoms with Crippen molar-refractivity contribution >= 4 is 11.8 Å². The lowest BCUT2D eigenvalue weighted by atomic mass is 9.87. The highest BCUT2D eigenvalue weighted by Gasteiger charge is 2.41. The maximum Gasteiger partial charge on any atom is 0.251 e. The van der Waals surface area contributed by atoms with Crippen LogP contribution in [-0.2, 0) is 0 Å². The monoisotopic (exact) mass is 278 g/mol. The van der Waals surface area contributed by atoms with Gasteiger partial charge in [-0.05, 0) is 32.2 Å². The molecule has 0 amide bonds. The van der Waals surface area contributed by atoms with E-state index >= 15 is 0 Å². The highest BCUT2D eigenvalue weighted by atomic mass is 32.2. The number of nitriles is 1. The minimum Gasteiger partial charge on any atom is -0.302 e. The van der Waals surface area contributed by atoms with Gasteiger partial charge in [0.1, 0.15) is 5.54 Å². The second kappa shape index (κ2) is 6.22. The molecule has 1 aromatic rings. The number of aromatic amines is 1. The van der Waals surface area contributed by atoms with Crippen LogP contribution in [0, 0.1) is 17.2 Å². The first kappa shape index (κ1) is 14.1. The molecular formula is C13H18N4OS. The van der Waals surface area contributed by atoms with Crippen LogP contribution >= 0.6 is 11.8 Å². The number of thioether (sulfide) groups is 1. The van der Waals surface area contributed by atoms with E-state index in [0.29, 0.717) is 11.1 Å². The van der Waals surface area contributed by atoms with Gasteiger partial charge < -0.3 is 10.3 Å². The molecule has 0 radical (unpaired) electrons. The second-order valence-corrected chi connectivity index (χ2v) is 5.88. The highest BCUT2D eigenvalue weighted by molar-refractivity contribution is 7.99. The molecule has 0 bridgehead atoms. The van der Waals surface area contributed by atoms with Crippen LogP contribution < -0.4 is 10.9 Å². The van der Waals surface area contributed by atoms with E-state index in [-0.39, 0.29) is 11.1 Å². The zero-order valence-corrected chi connectivity index (χ0v) is 11.8. The highest BCUT2D eigenvalue weighted by Crippen LogP contribution is 2.38. The van der Waals surface area contributed by atoms with Gasteiger partial charge in [-0.25, -0.2) is 4.98 Å². The molecule has 1 heterocycles. The molecule has 0 aromatic carbocycles. The molecule has 2 unspecified atom stereocenters. The molecule has 1 saturated carbocycles. The first-order chi connectivity index (χ1) is 9.20. The van der Waals surface area contributed by atoms with Gasteiger partial charge in [-0.3, -0.25) is 4.79 Å². The van der Waals surface area contributed by atoms with Gasteiger partial charge in [0.05, 0.1) is 6.07 Å². The molecule has 1 aromatic heterocycles. The summed E-state index contributed by atoms with van der Waals surface area (Å²) < 4.78 is 0. The molecule has 0 saturated heterocycles. The van der Waals surface area contributed by atoms with Gasteiger partial charge in [-0.1, -0.05) is 18.2 Å². The van der Waals surface area contributed by atoms with Crippen LogP contribution in [0.25, 0.3) is 0 Å². The average molecular weight is 278 g/mol. The zero-order chi connectivity index (χ0) is 13.7. The lowest BCUT2D eigenvalue weighted by molar-refractivity contribution is 0.332. The number of nitrogens with zero attached hydrogens (tertiary/aromatic N) is 2. The van der Waals surface area contributed by atoms with Crippen LogP contribution in [0.3, 0.4) is 0 Å². The number of rotatable bonds is 5. The third-order valence-corrected chi connectivity index (χ3v) is 4.74. The minimum atomic E-state index is -0.363. The van der Waals surface area contributed by atoms with E-state index < -0.39 is 0 Å². The maximum absolute atomic E-state index is 11.1. The number of hydrogen-bond acceptors (Lipinski definition) is 5. The molecule has 2 N–H and O–H groups in total. The number of hydrogen-bond donors (Lipinski definition) is 2. The number of aromatic nitrogens is 2. The quantitative estimate of drug-likeness (QED) is 0.630. The van der Waals surface area contributed by atoms with Gasteiger partial charge in [-0.15, -0.1) is 0 Å². The van der Waals surface area contributed by atoms with E-state index in [9.17, 15) is 10.1 Å². The molecule has 0 spiro atoms. The Hall–Kier alpha value is -1.32. The fourth-order valence-corrected chi connectivity index (χ4v) is 3.63. The lowest BCUT2D eigenvalue weighted by Gasteiger charge is -2.27. The topological polar surface area (TPSA) is 81.6 Å². The fraction of sp³-hybridized carbons (Fsp3) is 0.615. The van der Waals surface area contributed by atoms with Crippen LogP contribution in [0.15, 0.2) is 22.2 Å². The molecule has 102 valence electrons. The third-order valence-electron chi connectivity index (χ3n) is 3.82. The molecule has 1 aliphatic carbocycles. The van der Waals surface area contributed by atoms with Gasteiger partial charge in [0.25, 0.3) is 5.56 Å². The Balaban J connectivity index is 1.89. The Morgan fingerprint density at radius 2 is 2.58 bits per heavy atom. The second-order valence-electron chi connectivity index (χ2n) is 4.80. The fourth-order valence-electron chi connectivity index (χ4n) is 2.72. The van der Waals surface area contributed by atoms with Crippen molar-refractivity contribution in [2.24, 2.45) is 5.92 Å². The molecular weight excluding hydrogens is 260 g/mol. The molecule has 2 rings (SSSR count). The summed E-state index contributed by atoms with van der Waals surface area (Å²) >= 11 is 1.54.